The van der Waals surface area contributed by atoms with Crippen molar-refractivity contribution < 1.29 is 4.63 Å². The Morgan fingerprint density at radius 1 is 1.38 bits per heavy atom. The predicted octanol–water partition coefficient (Wildman–Crippen LogP) is 2.73. The highest BCUT2D eigenvalue weighted by molar-refractivity contribution is 9.10. The summed E-state index contributed by atoms with van der Waals surface area (Å²) in [5, 5.41) is 16.6. The normalized spacial score (nSPS) is 10.7. The highest BCUT2D eigenvalue weighted by Crippen LogP contribution is 2.27. The second-order valence-electron chi connectivity index (χ2n) is 4.63. The minimum Gasteiger partial charge on any atom is -0.396 e. The molecule has 2 heterocycles. The summed E-state index contributed by atoms with van der Waals surface area (Å²) < 4.78 is 5.44. The van der Waals surface area contributed by atoms with Crippen LogP contribution in [0.4, 0.5) is 5.69 Å². The van der Waals surface area contributed by atoms with Crippen LogP contribution in [0.3, 0.4) is 0 Å². The Balaban J connectivity index is 2.08. The molecule has 0 radical (unpaired) electrons. The molecule has 2 N–H and O–H groups in total. The van der Waals surface area contributed by atoms with Gasteiger partial charge < -0.3 is 5.73 Å². The highest BCUT2D eigenvalue weighted by Gasteiger charge is 2.15. The van der Waals surface area contributed by atoms with Crippen molar-refractivity contribution in [2.75, 3.05) is 5.73 Å². The Morgan fingerprint density at radius 3 is 2.95 bits per heavy atom. The lowest BCUT2D eigenvalue weighted by Crippen LogP contribution is -2.03. The summed E-state index contributed by atoms with van der Waals surface area (Å²) in [6.45, 7) is 1.86. The molecular formula is C14H10BrN5O. The van der Waals surface area contributed by atoms with Crippen LogP contribution in [0.15, 0.2) is 27.3 Å². The number of anilines is 1. The standard InChI is InChI=1S/C14H10BrN5O/c1-7-10(12(17)13-14(18-7)20-21-19-13)5-8-2-3-11(15)9(4-8)6-16/h2-4H,5,17H2,1H3. The summed E-state index contributed by atoms with van der Waals surface area (Å²) in [7, 11) is 0. The maximum atomic E-state index is 9.08. The Kier molecular flexibility index (Phi) is 3.31. The van der Waals surface area contributed by atoms with Gasteiger partial charge in [0, 0.05) is 22.2 Å². The predicted molar refractivity (Wildman–Crippen MR) is 80.4 cm³/mol. The molecule has 0 fully saturated rings. The van der Waals surface area contributed by atoms with Crippen LogP contribution in [0.25, 0.3) is 11.2 Å². The van der Waals surface area contributed by atoms with Gasteiger partial charge in [-0.2, -0.15) is 5.26 Å². The van der Waals surface area contributed by atoms with Crippen LogP contribution in [0.5, 0.6) is 0 Å². The first-order valence-corrected chi connectivity index (χ1v) is 6.95. The van der Waals surface area contributed by atoms with Gasteiger partial charge >= 0.3 is 0 Å². The molecule has 7 heteroatoms. The zero-order valence-electron chi connectivity index (χ0n) is 11.1. The summed E-state index contributed by atoms with van der Waals surface area (Å²) in [5.74, 6) is 0. The summed E-state index contributed by atoms with van der Waals surface area (Å²) >= 11 is 3.34. The van der Waals surface area contributed by atoms with Crippen LogP contribution in [-0.2, 0) is 6.42 Å². The van der Waals surface area contributed by atoms with Crippen molar-refractivity contribution in [3.63, 3.8) is 0 Å². The van der Waals surface area contributed by atoms with Crippen molar-refractivity contribution in [1.82, 2.24) is 15.3 Å². The lowest BCUT2D eigenvalue weighted by Gasteiger charge is -2.09. The van der Waals surface area contributed by atoms with Crippen molar-refractivity contribution in [2.24, 2.45) is 0 Å². The molecule has 6 nitrogen and oxygen atoms in total. The summed E-state index contributed by atoms with van der Waals surface area (Å²) in [4.78, 5) is 4.33. The van der Waals surface area contributed by atoms with E-state index in [0.29, 0.717) is 28.8 Å². The van der Waals surface area contributed by atoms with Crippen LogP contribution in [0.1, 0.15) is 22.4 Å². The van der Waals surface area contributed by atoms with Crippen molar-refractivity contribution >= 4 is 32.8 Å². The number of rotatable bonds is 2. The van der Waals surface area contributed by atoms with Gasteiger partial charge in [-0.1, -0.05) is 6.07 Å². The Morgan fingerprint density at radius 2 is 2.19 bits per heavy atom. The summed E-state index contributed by atoms with van der Waals surface area (Å²) in [6, 6.07) is 7.76. The molecule has 21 heavy (non-hydrogen) atoms. The van der Waals surface area contributed by atoms with Gasteiger partial charge in [-0.3, -0.25) is 0 Å². The Bertz CT molecular complexity index is 881. The smallest absolute Gasteiger partial charge is 0.226 e. The minimum absolute atomic E-state index is 0.405. The van der Waals surface area contributed by atoms with Gasteiger partial charge in [0.2, 0.25) is 5.65 Å². The first-order chi connectivity index (χ1) is 10.1. The number of pyridine rings is 1. The molecule has 0 aliphatic rings. The fraction of sp³-hybridized carbons (Fsp3) is 0.143. The van der Waals surface area contributed by atoms with Gasteiger partial charge in [-0.05, 0) is 50.9 Å². The zero-order chi connectivity index (χ0) is 15.0. The van der Waals surface area contributed by atoms with Gasteiger partial charge in [0.1, 0.15) is 6.07 Å². The van der Waals surface area contributed by atoms with E-state index in [9.17, 15) is 0 Å². The van der Waals surface area contributed by atoms with Crippen molar-refractivity contribution in [1.29, 1.82) is 5.26 Å². The van der Waals surface area contributed by atoms with E-state index in [-0.39, 0.29) is 0 Å². The third-order valence-corrected chi connectivity index (χ3v) is 3.99. The maximum absolute atomic E-state index is 9.08. The lowest BCUT2D eigenvalue weighted by molar-refractivity contribution is 0.315. The first-order valence-electron chi connectivity index (χ1n) is 6.16. The third kappa shape index (κ3) is 2.34. The Labute approximate surface area is 128 Å². The number of fused-ring (bicyclic) bond motifs is 1. The first kappa shape index (κ1) is 13.5. The summed E-state index contributed by atoms with van der Waals surface area (Å²) in [5.41, 5.74) is 10.7. The molecule has 0 aliphatic carbocycles. The molecule has 0 atom stereocenters. The average Bonchev–Trinajstić information content (AvgIpc) is 2.93. The molecular weight excluding hydrogens is 334 g/mol. The Hall–Kier alpha value is -2.46. The highest BCUT2D eigenvalue weighted by atomic mass is 79.9. The summed E-state index contributed by atoms with van der Waals surface area (Å²) in [6.07, 6.45) is 0.565. The maximum Gasteiger partial charge on any atom is 0.226 e. The largest absolute Gasteiger partial charge is 0.396 e. The minimum atomic E-state index is 0.405. The van der Waals surface area contributed by atoms with Crippen LogP contribution >= 0.6 is 15.9 Å². The number of benzene rings is 1. The van der Waals surface area contributed by atoms with Gasteiger partial charge in [-0.25, -0.2) is 9.61 Å². The SMILES string of the molecule is Cc1nc2nonc2c(N)c1Cc1ccc(Br)c(C#N)c1. The molecule has 0 unspecified atom stereocenters. The molecule has 0 saturated heterocycles. The number of nitrogen functional groups attached to an aromatic ring is 1. The van der Waals surface area contributed by atoms with Crippen LogP contribution in [0, 0.1) is 18.3 Å². The van der Waals surface area contributed by atoms with E-state index in [1.807, 2.05) is 25.1 Å². The number of nitriles is 1. The van der Waals surface area contributed by atoms with E-state index < -0.39 is 0 Å². The van der Waals surface area contributed by atoms with Crippen LogP contribution in [-0.4, -0.2) is 15.3 Å². The van der Waals surface area contributed by atoms with Gasteiger partial charge in [0.05, 0.1) is 11.3 Å². The third-order valence-electron chi connectivity index (χ3n) is 3.29. The molecule has 0 aliphatic heterocycles. The number of halogens is 1. The fourth-order valence-corrected chi connectivity index (χ4v) is 2.52. The van der Waals surface area contributed by atoms with Gasteiger partial charge in [0.15, 0.2) is 5.52 Å². The number of hydrogen-bond donors (Lipinski definition) is 1. The topological polar surface area (TPSA) is 102 Å². The molecule has 0 saturated carbocycles. The second-order valence-corrected chi connectivity index (χ2v) is 5.48. The lowest BCUT2D eigenvalue weighted by atomic mass is 10.0. The van der Waals surface area contributed by atoms with E-state index >= 15 is 0 Å². The number of hydrogen-bond acceptors (Lipinski definition) is 6. The van der Waals surface area contributed by atoms with E-state index in [1.165, 1.54) is 0 Å². The zero-order valence-corrected chi connectivity index (χ0v) is 12.7. The van der Waals surface area contributed by atoms with Gasteiger partial charge in [-0.15, -0.1) is 0 Å². The van der Waals surface area contributed by atoms with Crippen LogP contribution < -0.4 is 5.73 Å². The van der Waals surface area contributed by atoms with Gasteiger partial charge in [0.25, 0.3) is 0 Å². The van der Waals surface area contributed by atoms with E-state index in [0.717, 1.165) is 21.3 Å². The van der Waals surface area contributed by atoms with Crippen molar-refractivity contribution in [2.45, 2.75) is 13.3 Å². The number of aromatic nitrogens is 3. The fourth-order valence-electron chi connectivity index (χ4n) is 2.19. The number of nitrogens with two attached hydrogens (primary N) is 1. The van der Waals surface area contributed by atoms with Crippen molar-refractivity contribution in [3.8, 4) is 6.07 Å². The molecule has 3 rings (SSSR count). The number of nitrogens with zero attached hydrogens (tertiary/aromatic N) is 4. The molecule has 2 aromatic heterocycles. The quantitative estimate of drug-likeness (QED) is 0.767. The van der Waals surface area contributed by atoms with Crippen molar-refractivity contribution in [3.05, 3.63) is 45.1 Å². The van der Waals surface area contributed by atoms with E-state index in [1.54, 1.807) is 0 Å². The molecule has 104 valence electrons. The average molecular weight is 344 g/mol. The van der Waals surface area contributed by atoms with E-state index in [4.69, 9.17) is 11.0 Å². The molecule has 0 bridgehead atoms. The monoisotopic (exact) mass is 343 g/mol. The molecule has 1 aromatic carbocycles. The molecule has 3 aromatic rings. The number of aryl methyl sites for hydroxylation is 1. The molecule has 0 spiro atoms. The van der Waals surface area contributed by atoms with Crippen LogP contribution in [0.2, 0.25) is 0 Å². The second kappa shape index (κ2) is 5.14. The molecule has 0 amide bonds. The van der Waals surface area contributed by atoms with E-state index in [2.05, 4.69) is 41.9 Å².